The SMILES string of the molecule is COc1ccccc1OC1CN(C(=O)C2CC(=O)N(C(C)(C)C)C2)C1. The molecule has 2 heterocycles. The molecular formula is C19H26N2O4. The van der Waals surface area contributed by atoms with E-state index in [-0.39, 0.29) is 29.4 Å². The Morgan fingerprint density at radius 3 is 2.32 bits per heavy atom. The first-order valence-corrected chi connectivity index (χ1v) is 8.68. The van der Waals surface area contributed by atoms with Crippen LogP contribution in [0.15, 0.2) is 24.3 Å². The molecule has 1 atom stereocenters. The van der Waals surface area contributed by atoms with Crippen molar-refractivity contribution in [2.75, 3.05) is 26.7 Å². The van der Waals surface area contributed by atoms with E-state index < -0.39 is 0 Å². The van der Waals surface area contributed by atoms with Gasteiger partial charge in [-0.05, 0) is 32.9 Å². The highest BCUT2D eigenvalue weighted by Gasteiger charge is 2.43. The van der Waals surface area contributed by atoms with Gasteiger partial charge >= 0.3 is 0 Å². The zero-order chi connectivity index (χ0) is 18.2. The van der Waals surface area contributed by atoms with Crippen molar-refractivity contribution in [3.63, 3.8) is 0 Å². The van der Waals surface area contributed by atoms with Gasteiger partial charge in [0.2, 0.25) is 11.8 Å². The van der Waals surface area contributed by atoms with E-state index in [1.165, 1.54) is 0 Å². The van der Waals surface area contributed by atoms with Crippen LogP contribution >= 0.6 is 0 Å². The van der Waals surface area contributed by atoms with Gasteiger partial charge < -0.3 is 19.3 Å². The molecule has 3 rings (SSSR count). The topological polar surface area (TPSA) is 59.1 Å². The summed E-state index contributed by atoms with van der Waals surface area (Å²) in [6.07, 6.45) is 0.279. The summed E-state index contributed by atoms with van der Waals surface area (Å²) in [5.74, 6) is 1.26. The van der Waals surface area contributed by atoms with Gasteiger partial charge in [-0.3, -0.25) is 9.59 Å². The highest BCUT2D eigenvalue weighted by Crippen LogP contribution is 2.31. The monoisotopic (exact) mass is 346 g/mol. The number of rotatable bonds is 4. The van der Waals surface area contributed by atoms with Gasteiger partial charge in [0.15, 0.2) is 11.5 Å². The second-order valence-corrected chi connectivity index (χ2v) is 7.71. The lowest BCUT2D eigenvalue weighted by atomic mass is 10.0. The molecule has 6 heteroatoms. The molecule has 0 spiro atoms. The molecule has 0 aromatic heterocycles. The van der Waals surface area contributed by atoms with E-state index in [4.69, 9.17) is 9.47 Å². The van der Waals surface area contributed by atoms with Crippen LogP contribution in [-0.4, -0.2) is 60.0 Å². The van der Waals surface area contributed by atoms with E-state index in [9.17, 15) is 9.59 Å². The second-order valence-electron chi connectivity index (χ2n) is 7.71. The summed E-state index contributed by atoms with van der Waals surface area (Å²) in [5, 5.41) is 0. The van der Waals surface area contributed by atoms with Crippen LogP contribution in [0.3, 0.4) is 0 Å². The summed E-state index contributed by atoms with van der Waals surface area (Å²) >= 11 is 0. The van der Waals surface area contributed by atoms with Gasteiger partial charge in [0.05, 0.1) is 26.1 Å². The number of amides is 2. The number of hydrogen-bond donors (Lipinski definition) is 0. The van der Waals surface area contributed by atoms with Crippen LogP contribution in [0.25, 0.3) is 0 Å². The molecule has 136 valence electrons. The maximum Gasteiger partial charge on any atom is 0.228 e. The molecule has 0 N–H and O–H groups in total. The van der Waals surface area contributed by atoms with Gasteiger partial charge in [0, 0.05) is 18.5 Å². The fourth-order valence-electron chi connectivity index (χ4n) is 3.37. The van der Waals surface area contributed by atoms with Crippen LogP contribution in [-0.2, 0) is 9.59 Å². The van der Waals surface area contributed by atoms with E-state index in [2.05, 4.69) is 0 Å². The molecule has 1 aromatic rings. The van der Waals surface area contributed by atoms with Crippen molar-refractivity contribution in [1.29, 1.82) is 0 Å². The largest absolute Gasteiger partial charge is 0.493 e. The van der Waals surface area contributed by atoms with E-state index in [1.54, 1.807) is 16.9 Å². The molecule has 25 heavy (non-hydrogen) atoms. The maximum atomic E-state index is 12.6. The van der Waals surface area contributed by atoms with E-state index >= 15 is 0 Å². The second kappa shape index (κ2) is 6.58. The van der Waals surface area contributed by atoms with E-state index in [0.29, 0.717) is 37.6 Å². The molecule has 0 aliphatic carbocycles. The van der Waals surface area contributed by atoms with Crippen LogP contribution in [0.4, 0.5) is 0 Å². The lowest BCUT2D eigenvalue weighted by Crippen LogP contribution is -2.58. The van der Waals surface area contributed by atoms with E-state index in [0.717, 1.165) is 0 Å². The Hall–Kier alpha value is -2.24. The molecule has 0 radical (unpaired) electrons. The number of ether oxygens (including phenoxy) is 2. The minimum Gasteiger partial charge on any atom is -0.493 e. The summed E-state index contributed by atoms with van der Waals surface area (Å²) in [6.45, 7) is 7.61. The minimum atomic E-state index is -0.240. The fourth-order valence-corrected chi connectivity index (χ4v) is 3.37. The van der Waals surface area contributed by atoms with Crippen LogP contribution in [0.5, 0.6) is 11.5 Å². The molecular weight excluding hydrogens is 320 g/mol. The van der Waals surface area contributed by atoms with Crippen molar-refractivity contribution in [3.05, 3.63) is 24.3 Å². The number of hydrogen-bond acceptors (Lipinski definition) is 4. The highest BCUT2D eigenvalue weighted by molar-refractivity contribution is 5.90. The number of likely N-dealkylation sites (tertiary alicyclic amines) is 2. The molecule has 6 nitrogen and oxygen atoms in total. The van der Waals surface area contributed by atoms with E-state index in [1.807, 2.05) is 45.0 Å². The zero-order valence-electron chi connectivity index (χ0n) is 15.3. The zero-order valence-corrected chi connectivity index (χ0v) is 15.3. The molecule has 2 amide bonds. The lowest BCUT2D eigenvalue weighted by Gasteiger charge is -2.40. The van der Waals surface area contributed by atoms with Crippen molar-refractivity contribution in [3.8, 4) is 11.5 Å². The fraction of sp³-hybridized carbons (Fsp3) is 0.579. The quantitative estimate of drug-likeness (QED) is 0.836. The molecule has 0 saturated carbocycles. The predicted molar refractivity (Wildman–Crippen MR) is 93.6 cm³/mol. The van der Waals surface area contributed by atoms with Crippen molar-refractivity contribution in [2.24, 2.45) is 5.92 Å². The Balaban J connectivity index is 1.53. The molecule has 1 unspecified atom stereocenters. The van der Waals surface area contributed by atoms with Gasteiger partial charge in [-0.15, -0.1) is 0 Å². The van der Waals surface area contributed by atoms with Gasteiger partial charge in [-0.2, -0.15) is 0 Å². The van der Waals surface area contributed by atoms with Crippen LogP contribution in [0.2, 0.25) is 0 Å². The van der Waals surface area contributed by atoms with Gasteiger partial charge in [0.1, 0.15) is 6.10 Å². The normalized spacial score (nSPS) is 21.3. The third-order valence-electron chi connectivity index (χ3n) is 4.81. The Bertz CT molecular complexity index is 662. The molecule has 2 aliphatic rings. The van der Waals surface area contributed by atoms with Crippen LogP contribution < -0.4 is 9.47 Å². The van der Waals surface area contributed by atoms with Crippen LogP contribution in [0.1, 0.15) is 27.2 Å². The third kappa shape index (κ3) is 3.57. The average molecular weight is 346 g/mol. The Labute approximate surface area is 148 Å². The lowest BCUT2D eigenvalue weighted by molar-refractivity contribution is -0.144. The average Bonchev–Trinajstić information content (AvgIpc) is 2.92. The summed E-state index contributed by atoms with van der Waals surface area (Å²) in [7, 11) is 1.61. The van der Waals surface area contributed by atoms with Gasteiger partial charge in [-0.25, -0.2) is 0 Å². The first-order chi connectivity index (χ1) is 11.8. The van der Waals surface area contributed by atoms with Crippen molar-refractivity contribution < 1.29 is 19.1 Å². The number of para-hydroxylation sites is 2. The highest BCUT2D eigenvalue weighted by atomic mass is 16.5. The predicted octanol–water partition coefficient (Wildman–Crippen LogP) is 1.93. The Morgan fingerprint density at radius 1 is 1.12 bits per heavy atom. The van der Waals surface area contributed by atoms with Crippen molar-refractivity contribution in [2.45, 2.75) is 38.8 Å². The van der Waals surface area contributed by atoms with Gasteiger partial charge in [-0.1, -0.05) is 12.1 Å². The first-order valence-electron chi connectivity index (χ1n) is 8.68. The number of carbonyl (C=O) groups is 2. The number of methoxy groups -OCH3 is 1. The Kier molecular flexibility index (Phi) is 4.62. The first kappa shape index (κ1) is 17.6. The van der Waals surface area contributed by atoms with Crippen molar-refractivity contribution in [1.82, 2.24) is 9.80 Å². The molecule has 2 fully saturated rings. The number of carbonyl (C=O) groups excluding carboxylic acids is 2. The molecule has 1 aromatic carbocycles. The summed E-state index contributed by atoms with van der Waals surface area (Å²) in [4.78, 5) is 28.4. The van der Waals surface area contributed by atoms with Crippen molar-refractivity contribution >= 4 is 11.8 Å². The molecule has 2 saturated heterocycles. The third-order valence-corrected chi connectivity index (χ3v) is 4.81. The standard InChI is InChI=1S/C19H26N2O4/c1-19(2,3)21-10-13(9-17(21)22)18(23)20-11-14(12-20)25-16-8-6-5-7-15(16)24-4/h5-8,13-14H,9-12H2,1-4H3. The van der Waals surface area contributed by atoms with Crippen LogP contribution in [0, 0.1) is 5.92 Å². The maximum absolute atomic E-state index is 12.6. The molecule has 2 aliphatic heterocycles. The summed E-state index contributed by atoms with van der Waals surface area (Å²) in [6, 6.07) is 7.49. The summed E-state index contributed by atoms with van der Waals surface area (Å²) < 4.78 is 11.2. The summed E-state index contributed by atoms with van der Waals surface area (Å²) in [5.41, 5.74) is -0.240. The minimum absolute atomic E-state index is 0.0314. The Morgan fingerprint density at radius 2 is 1.76 bits per heavy atom. The number of nitrogens with zero attached hydrogens (tertiary/aromatic N) is 2. The number of benzene rings is 1. The van der Waals surface area contributed by atoms with Gasteiger partial charge in [0.25, 0.3) is 0 Å². The smallest absolute Gasteiger partial charge is 0.228 e. The molecule has 0 bridgehead atoms.